The summed E-state index contributed by atoms with van der Waals surface area (Å²) in [5, 5.41) is 9.09. The minimum Gasteiger partial charge on any atom is -0.394 e. The predicted octanol–water partition coefficient (Wildman–Crippen LogP) is 0.798. The lowest BCUT2D eigenvalue weighted by atomic mass is 10.2. The van der Waals surface area contributed by atoms with Crippen LogP contribution in [-0.2, 0) is 10.0 Å². The van der Waals surface area contributed by atoms with Gasteiger partial charge in [-0.3, -0.25) is 0 Å². The summed E-state index contributed by atoms with van der Waals surface area (Å²) in [4.78, 5) is 0.257. The second-order valence-electron chi connectivity index (χ2n) is 4.36. The van der Waals surface area contributed by atoms with Crippen LogP contribution in [0.15, 0.2) is 29.2 Å². The number of hydrogen-bond acceptors (Lipinski definition) is 3. The zero-order valence-corrected chi connectivity index (χ0v) is 9.92. The SMILES string of the molecule is Cc1cccc(S(=O)(=O)NC2(CO)CC2)c1. The number of hydrogen-bond donors (Lipinski definition) is 2. The van der Waals surface area contributed by atoms with Crippen molar-refractivity contribution in [2.45, 2.75) is 30.2 Å². The van der Waals surface area contributed by atoms with Gasteiger partial charge in [-0.05, 0) is 37.5 Å². The number of rotatable bonds is 4. The topological polar surface area (TPSA) is 66.4 Å². The Hall–Kier alpha value is -0.910. The zero-order chi connectivity index (χ0) is 11.8. The van der Waals surface area contributed by atoms with Crippen LogP contribution in [0.2, 0.25) is 0 Å². The van der Waals surface area contributed by atoms with Crippen molar-refractivity contribution in [2.75, 3.05) is 6.61 Å². The van der Waals surface area contributed by atoms with Crippen molar-refractivity contribution in [3.8, 4) is 0 Å². The van der Waals surface area contributed by atoms with Crippen molar-refractivity contribution in [3.05, 3.63) is 29.8 Å². The van der Waals surface area contributed by atoms with E-state index in [4.69, 9.17) is 5.11 Å². The Balaban J connectivity index is 2.26. The molecule has 0 aromatic heterocycles. The largest absolute Gasteiger partial charge is 0.394 e. The molecule has 1 aromatic carbocycles. The Morgan fingerprint density at radius 1 is 1.44 bits per heavy atom. The molecule has 0 aliphatic heterocycles. The van der Waals surface area contributed by atoms with E-state index in [1.807, 2.05) is 13.0 Å². The standard InChI is InChI=1S/C11H15NO3S/c1-9-3-2-4-10(7-9)16(14,15)12-11(8-13)5-6-11/h2-4,7,12-13H,5-6,8H2,1H3. The Labute approximate surface area is 95.4 Å². The number of aliphatic hydroxyl groups is 1. The summed E-state index contributed by atoms with van der Waals surface area (Å²) in [5.74, 6) is 0. The lowest BCUT2D eigenvalue weighted by molar-refractivity contribution is 0.246. The molecule has 1 aliphatic rings. The van der Waals surface area contributed by atoms with Gasteiger partial charge in [0.25, 0.3) is 0 Å². The first-order chi connectivity index (χ1) is 7.47. The summed E-state index contributed by atoms with van der Waals surface area (Å²) in [7, 11) is -3.50. The maximum atomic E-state index is 12.0. The molecule has 0 unspecified atom stereocenters. The summed E-state index contributed by atoms with van der Waals surface area (Å²) in [6, 6.07) is 6.74. The molecular formula is C11H15NO3S. The highest BCUT2D eigenvalue weighted by Crippen LogP contribution is 2.36. The summed E-state index contributed by atoms with van der Waals surface area (Å²) < 4.78 is 26.5. The molecule has 1 aromatic rings. The summed E-state index contributed by atoms with van der Waals surface area (Å²) in [6.45, 7) is 1.70. The van der Waals surface area contributed by atoms with Crippen LogP contribution in [-0.4, -0.2) is 25.7 Å². The third kappa shape index (κ3) is 2.26. The molecule has 0 amide bonds. The fourth-order valence-corrected chi connectivity index (χ4v) is 3.13. The smallest absolute Gasteiger partial charge is 0.241 e. The van der Waals surface area contributed by atoms with E-state index in [0.29, 0.717) is 12.8 Å². The van der Waals surface area contributed by atoms with E-state index < -0.39 is 15.6 Å². The molecule has 16 heavy (non-hydrogen) atoms. The van der Waals surface area contributed by atoms with Crippen molar-refractivity contribution in [2.24, 2.45) is 0 Å². The van der Waals surface area contributed by atoms with Crippen molar-refractivity contribution < 1.29 is 13.5 Å². The molecule has 0 radical (unpaired) electrons. The molecule has 1 aliphatic carbocycles. The van der Waals surface area contributed by atoms with Gasteiger partial charge in [0.2, 0.25) is 10.0 Å². The van der Waals surface area contributed by atoms with E-state index in [9.17, 15) is 8.42 Å². The predicted molar refractivity (Wildman–Crippen MR) is 60.6 cm³/mol. The first-order valence-electron chi connectivity index (χ1n) is 5.19. The summed E-state index contributed by atoms with van der Waals surface area (Å²) in [6.07, 6.45) is 1.41. The molecule has 2 rings (SSSR count). The monoisotopic (exact) mass is 241 g/mol. The normalized spacial score (nSPS) is 18.4. The van der Waals surface area contributed by atoms with Crippen LogP contribution in [0, 0.1) is 6.92 Å². The van der Waals surface area contributed by atoms with Crippen LogP contribution >= 0.6 is 0 Å². The molecule has 0 spiro atoms. The molecule has 88 valence electrons. The Morgan fingerprint density at radius 3 is 2.62 bits per heavy atom. The van der Waals surface area contributed by atoms with Crippen molar-refractivity contribution in [3.63, 3.8) is 0 Å². The van der Waals surface area contributed by atoms with Gasteiger partial charge in [0.1, 0.15) is 0 Å². The van der Waals surface area contributed by atoms with E-state index in [0.717, 1.165) is 5.56 Å². The minimum absolute atomic E-state index is 0.141. The number of sulfonamides is 1. The van der Waals surface area contributed by atoms with Crippen LogP contribution < -0.4 is 4.72 Å². The number of aryl methyl sites for hydroxylation is 1. The van der Waals surface area contributed by atoms with Gasteiger partial charge in [0, 0.05) is 0 Å². The van der Waals surface area contributed by atoms with Crippen LogP contribution in [0.1, 0.15) is 18.4 Å². The molecule has 2 N–H and O–H groups in total. The number of nitrogens with one attached hydrogen (secondary N) is 1. The summed E-state index contributed by atoms with van der Waals surface area (Å²) in [5.41, 5.74) is 0.291. The van der Waals surface area contributed by atoms with E-state index in [1.165, 1.54) is 0 Å². The average Bonchev–Trinajstić information content (AvgIpc) is 2.98. The van der Waals surface area contributed by atoms with Gasteiger partial charge in [-0.15, -0.1) is 0 Å². The molecule has 0 bridgehead atoms. The third-order valence-electron chi connectivity index (χ3n) is 2.81. The highest BCUT2D eigenvalue weighted by molar-refractivity contribution is 7.89. The second kappa shape index (κ2) is 3.84. The van der Waals surface area contributed by atoms with Crippen molar-refractivity contribution in [1.82, 2.24) is 4.72 Å². The first kappa shape index (κ1) is 11.6. The van der Waals surface area contributed by atoms with E-state index in [-0.39, 0.29) is 11.5 Å². The maximum absolute atomic E-state index is 12.0. The fourth-order valence-electron chi connectivity index (χ4n) is 1.57. The second-order valence-corrected chi connectivity index (χ2v) is 6.04. The Kier molecular flexibility index (Phi) is 2.77. The highest BCUT2D eigenvalue weighted by Gasteiger charge is 2.45. The van der Waals surface area contributed by atoms with Gasteiger partial charge in [0.05, 0.1) is 17.0 Å². The zero-order valence-electron chi connectivity index (χ0n) is 9.10. The lowest BCUT2D eigenvalue weighted by Gasteiger charge is -2.14. The molecule has 0 atom stereocenters. The first-order valence-corrected chi connectivity index (χ1v) is 6.67. The van der Waals surface area contributed by atoms with E-state index >= 15 is 0 Å². The summed E-state index contributed by atoms with van der Waals surface area (Å²) >= 11 is 0. The molecule has 0 saturated heterocycles. The van der Waals surface area contributed by atoms with Crippen molar-refractivity contribution in [1.29, 1.82) is 0 Å². The maximum Gasteiger partial charge on any atom is 0.241 e. The quantitative estimate of drug-likeness (QED) is 0.819. The van der Waals surface area contributed by atoms with Crippen LogP contribution in [0.4, 0.5) is 0 Å². The minimum atomic E-state index is -3.50. The van der Waals surface area contributed by atoms with Crippen molar-refractivity contribution >= 4 is 10.0 Å². The van der Waals surface area contributed by atoms with Gasteiger partial charge < -0.3 is 5.11 Å². The Bertz CT molecular complexity index is 492. The molecule has 1 saturated carbocycles. The molecule has 0 heterocycles. The van der Waals surface area contributed by atoms with E-state index in [1.54, 1.807) is 18.2 Å². The lowest BCUT2D eigenvalue weighted by Crippen LogP contribution is -2.39. The van der Waals surface area contributed by atoms with Crippen LogP contribution in [0.5, 0.6) is 0 Å². The number of benzene rings is 1. The van der Waals surface area contributed by atoms with Gasteiger partial charge in [0.15, 0.2) is 0 Å². The van der Waals surface area contributed by atoms with Gasteiger partial charge in [-0.25, -0.2) is 13.1 Å². The average molecular weight is 241 g/mol. The van der Waals surface area contributed by atoms with Gasteiger partial charge in [-0.2, -0.15) is 0 Å². The van der Waals surface area contributed by atoms with Gasteiger partial charge in [-0.1, -0.05) is 12.1 Å². The molecular weight excluding hydrogens is 226 g/mol. The van der Waals surface area contributed by atoms with Crippen LogP contribution in [0.25, 0.3) is 0 Å². The molecule has 1 fully saturated rings. The number of aliphatic hydroxyl groups excluding tert-OH is 1. The van der Waals surface area contributed by atoms with Gasteiger partial charge >= 0.3 is 0 Å². The third-order valence-corrected chi connectivity index (χ3v) is 4.38. The van der Waals surface area contributed by atoms with Crippen LogP contribution in [0.3, 0.4) is 0 Å². The highest BCUT2D eigenvalue weighted by atomic mass is 32.2. The fraction of sp³-hybridized carbons (Fsp3) is 0.455. The molecule has 5 heteroatoms. The van der Waals surface area contributed by atoms with E-state index in [2.05, 4.69) is 4.72 Å². The molecule has 4 nitrogen and oxygen atoms in total. The Morgan fingerprint density at radius 2 is 2.12 bits per heavy atom.